The van der Waals surface area contributed by atoms with Gasteiger partial charge in [0.05, 0.1) is 0 Å². The highest BCUT2D eigenvalue weighted by atomic mass is 16.1. The standard InChI is InChI=1S/C8H9N3O/c1-3-7(5-12)4-8-9-6-10-11(8)2/h3-6H,1H2,2H3/b7-4+. The maximum atomic E-state index is 10.4. The summed E-state index contributed by atoms with van der Waals surface area (Å²) in [4.78, 5) is 14.3. The lowest BCUT2D eigenvalue weighted by Crippen LogP contribution is -1.94. The van der Waals surface area contributed by atoms with Crippen LogP contribution in [0.5, 0.6) is 0 Å². The zero-order valence-electron chi connectivity index (χ0n) is 6.77. The fourth-order valence-electron chi connectivity index (χ4n) is 0.726. The summed E-state index contributed by atoms with van der Waals surface area (Å²) in [5, 5.41) is 3.85. The van der Waals surface area contributed by atoms with Gasteiger partial charge in [0.1, 0.15) is 12.6 Å². The molecule has 1 rings (SSSR count). The van der Waals surface area contributed by atoms with Crippen molar-refractivity contribution < 1.29 is 4.79 Å². The van der Waals surface area contributed by atoms with Crippen molar-refractivity contribution in [1.29, 1.82) is 0 Å². The number of aryl methyl sites for hydroxylation is 1. The quantitative estimate of drug-likeness (QED) is 0.372. The summed E-state index contributed by atoms with van der Waals surface area (Å²) >= 11 is 0. The summed E-state index contributed by atoms with van der Waals surface area (Å²) in [6.45, 7) is 3.49. The molecule has 1 aromatic heterocycles. The van der Waals surface area contributed by atoms with Crippen molar-refractivity contribution >= 4 is 12.4 Å². The average molecular weight is 163 g/mol. The Morgan fingerprint density at radius 2 is 2.50 bits per heavy atom. The first-order valence-corrected chi connectivity index (χ1v) is 3.41. The Morgan fingerprint density at radius 3 is 2.92 bits per heavy atom. The third kappa shape index (κ3) is 1.66. The predicted molar refractivity (Wildman–Crippen MR) is 45.2 cm³/mol. The minimum absolute atomic E-state index is 0.492. The minimum atomic E-state index is 0.492. The largest absolute Gasteiger partial charge is 0.298 e. The molecule has 0 spiro atoms. The van der Waals surface area contributed by atoms with Crippen molar-refractivity contribution in [3.05, 3.63) is 30.4 Å². The molecular formula is C8H9N3O. The Hall–Kier alpha value is -1.71. The molecule has 0 unspecified atom stereocenters. The second kappa shape index (κ2) is 3.61. The Labute approximate surface area is 70.2 Å². The van der Waals surface area contributed by atoms with Gasteiger partial charge in [-0.05, 0) is 6.08 Å². The molecule has 0 aliphatic rings. The van der Waals surface area contributed by atoms with E-state index in [1.165, 1.54) is 12.4 Å². The zero-order chi connectivity index (χ0) is 8.97. The summed E-state index contributed by atoms with van der Waals surface area (Å²) in [5.74, 6) is 0.636. The molecule has 0 aromatic carbocycles. The number of aldehydes is 1. The summed E-state index contributed by atoms with van der Waals surface area (Å²) in [5.41, 5.74) is 0.492. The Balaban J connectivity index is 3.00. The lowest BCUT2D eigenvalue weighted by atomic mass is 10.2. The van der Waals surface area contributed by atoms with E-state index < -0.39 is 0 Å². The third-order valence-corrected chi connectivity index (χ3v) is 1.41. The molecule has 0 saturated carbocycles. The van der Waals surface area contributed by atoms with Crippen molar-refractivity contribution in [3.8, 4) is 0 Å². The lowest BCUT2D eigenvalue weighted by Gasteiger charge is -1.92. The van der Waals surface area contributed by atoms with Crippen LogP contribution in [0.2, 0.25) is 0 Å². The van der Waals surface area contributed by atoms with Gasteiger partial charge in [-0.25, -0.2) is 9.67 Å². The molecule has 0 atom stereocenters. The second-order valence-corrected chi connectivity index (χ2v) is 2.21. The Bertz CT molecular complexity index is 315. The van der Waals surface area contributed by atoms with Crippen molar-refractivity contribution in [2.45, 2.75) is 0 Å². The number of aromatic nitrogens is 3. The molecule has 12 heavy (non-hydrogen) atoms. The van der Waals surface area contributed by atoms with Crippen LogP contribution in [-0.2, 0) is 11.8 Å². The normalized spacial score (nSPS) is 11.2. The van der Waals surface area contributed by atoms with Gasteiger partial charge in [0.2, 0.25) is 0 Å². The van der Waals surface area contributed by atoms with Crippen molar-refractivity contribution in [1.82, 2.24) is 14.8 Å². The highest BCUT2D eigenvalue weighted by Crippen LogP contribution is 2.00. The van der Waals surface area contributed by atoms with Gasteiger partial charge in [0, 0.05) is 12.6 Å². The highest BCUT2D eigenvalue weighted by Gasteiger charge is 1.96. The fourth-order valence-corrected chi connectivity index (χ4v) is 0.726. The minimum Gasteiger partial charge on any atom is -0.298 e. The van der Waals surface area contributed by atoms with E-state index in [0.717, 1.165) is 6.29 Å². The highest BCUT2D eigenvalue weighted by molar-refractivity contribution is 5.84. The number of allylic oxidation sites excluding steroid dienone is 2. The van der Waals surface area contributed by atoms with Gasteiger partial charge in [-0.3, -0.25) is 4.79 Å². The summed E-state index contributed by atoms with van der Waals surface area (Å²) in [6, 6.07) is 0. The van der Waals surface area contributed by atoms with Gasteiger partial charge in [0.15, 0.2) is 5.82 Å². The van der Waals surface area contributed by atoms with Crippen LogP contribution >= 0.6 is 0 Å². The number of carbonyl (C=O) groups excluding carboxylic acids is 1. The molecule has 0 N–H and O–H groups in total. The smallest absolute Gasteiger partial charge is 0.151 e. The first-order chi connectivity index (χ1) is 5.77. The zero-order valence-corrected chi connectivity index (χ0v) is 6.77. The number of rotatable bonds is 3. The molecule has 0 radical (unpaired) electrons. The SMILES string of the molecule is C=C/C(C=O)=C\c1ncnn1C. The molecule has 62 valence electrons. The fraction of sp³-hybridized carbons (Fsp3) is 0.125. The van der Waals surface area contributed by atoms with E-state index in [0.29, 0.717) is 11.4 Å². The number of hydrogen-bond acceptors (Lipinski definition) is 3. The monoisotopic (exact) mass is 163 g/mol. The van der Waals surface area contributed by atoms with Crippen LogP contribution in [0.15, 0.2) is 24.6 Å². The Morgan fingerprint density at radius 1 is 1.75 bits per heavy atom. The van der Waals surface area contributed by atoms with E-state index >= 15 is 0 Å². The van der Waals surface area contributed by atoms with Gasteiger partial charge in [-0.1, -0.05) is 12.7 Å². The van der Waals surface area contributed by atoms with Gasteiger partial charge >= 0.3 is 0 Å². The van der Waals surface area contributed by atoms with Crippen LogP contribution in [0.25, 0.3) is 6.08 Å². The molecular weight excluding hydrogens is 154 g/mol. The molecule has 4 heteroatoms. The maximum absolute atomic E-state index is 10.4. The molecule has 0 aliphatic heterocycles. The van der Waals surface area contributed by atoms with E-state index in [1.54, 1.807) is 17.8 Å². The second-order valence-electron chi connectivity index (χ2n) is 2.21. The van der Waals surface area contributed by atoms with Crippen LogP contribution in [0, 0.1) is 0 Å². The first kappa shape index (κ1) is 8.39. The summed E-state index contributed by atoms with van der Waals surface area (Å²) in [7, 11) is 1.75. The molecule has 4 nitrogen and oxygen atoms in total. The molecule has 0 saturated heterocycles. The number of nitrogens with zero attached hydrogens (tertiary/aromatic N) is 3. The predicted octanol–water partition coefficient (Wildman–Crippen LogP) is 0.583. The number of hydrogen-bond donors (Lipinski definition) is 0. The summed E-state index contributed by atoms with van der Waals surface area (Å²) in [6.07, 6.45) is 5.24. The van der Waals surface area contributed by atoms with Gasteiger partial charge in [0.25, 0.3) is 0 Å². The summed E-state index contributed by atoms with van der Waals surface area (Å²) < 4.78 is 1.58. The van der Waals surface area contributed by atoms with E-state index in [1.807, 2.05) is 0 Å². The van der Waals surface area contributed by atoms with Gasteiger partial charge < -0.3 is 0 Å². The molecule has 1 aromatic rings. The van der Waals surface area contributed by atoms with Crippen molar-refractivity contribution in [2.75, 3.05) is 0 Å². The van der Waals surface area contributed by atoms with Crippen LogP contribution < -0.4 is 0 Å². The molecule has 0 amide bonds. The lowest BCUT2D eigenvalue weighted by molar-refractivity contribution is -0.104. The average Bonchev–Trinajstić information content (AvgIpc) is 2.47. The van der Waals surface area contributed by atoms with E-state index in [4.69, 9.17) is 0 Å². The number of carbonyl (C=O) groups is 1. The third-order valence-electron chi connectivity index (χ3n) is 1.41. The molecule has 1 heterocycles. The van der Waals surface area contributed by atoms with Crippen molar-refractivity contribution in [2.24, 2.45) is 7.05 Å². The van der Waals surface area contributed by atoms with Gasteiger partial charge in [-0.2, -0.15) is 5.10 Å². The van der Waals surface area contributed by atoms with Crippen LogP contribution in [0.3, 0.4) is 0 Å². The molecule has 0 aliphatic carbocycles. The van der Waals surface area contributed by atoms with Gasteiger partial charge in [-0.15, -0.1) is 0 Å². The van der Waals surface area contributed by atoms with E-state index in [9.17, 15) is 4.79 Å². The Kier molecular flexibility index (Phi) is 2.53. The topological polar surface area (TPSA) is 47.8 Å². The molecule has 0 bridgehead atoms. The van der Waals surface area contributed by atoms with Crippen molar-refractivity contribution in [3.63, 3.8) is 0 Å². The van der Waals surface area contributed by atoms with Crippen LogP contribution in [-0.4, -0.2) is 21.1 Å². The van der Waals surface area contributed by atoms with E-state index in [2.05, 4.69) is 16.7 Å². The molecule has 0 fully saturated rings. The van der Waals surface area contributed by atoms with E-state index in [-0.39, 0.29) is 0 Å². The van der Waals surface area contributed by atoms with Crippen LogP contribution in [0.4, 0.5) is 0 Å². The first-order valence-electron chi connectivity index (χ1n) is 3.41. The van der Waals surface area contributed by atoms with Crippen LogP contribution in [0.1, 0.15) is 5.82 Å². The maximum Gasteiger partial charge on any atom is 0.151 e.